The Labute approximate surface area is 506 Å². The van der Waals surface area contributed by atoms with Crippen molar-refractivity contribution in [3.63, 3.8) is 0 Å². The molecule has 86 heavy (non-hydrogen) atoms. The van der Waals surface area contributed by atoms with Gasteiger partial charge in [-0.25, -0.2) is 19.7 Å². The Morgan fingerprint density at radius 3 is 1.98 bits per heavy atom. The molecule has 0 spiro atoms. The van der Waals surface area contributed by atoms with E-state index >= 15 is 0 Å². The number of hydrogen-bond acceptors (Lipinski definition) is 22. The summed E-state index contributed by atoms with van der Waals surface area (Å²) < 4.78 is 58.2. The first-order valence-corrected chi connectivity index (χ1v) is 31.2. The number of rotatable bonds is 42. The number of aliphatic hydroxyl groups is 1. The molecule has 1 aliphatic carbocycles. The molecular weight excluding hydrogens is 1100 g/mol. The predicted molar refractivity (Wildman–Crippen MR) is 325 cm³/mol. The molecule has 0 unspecified atom stereocenters. The van der Waals surface area contributed by atoms with Gasteiger partial charge in [0.25, 0.3) is 0 Å². The molecule has 4 aromatic heterocycles. The number of aliphatic hydroxyl groups excluding tert-OH is 1. The van der Waals surface area contributed by atoms with Gasteiger partial charge in [0.1, 0.15) is 30.7 Å². The molecule has 1 aromatic carbocycles. The van der Waals surface area contributed by atoms with Gasteiger partial charge in [0, 0.05) is 88.0 Å². The van der Waals surface area contributed by atoms with Crippen molar-refractivity contribution in [1.82, 2.24) is 39.8 Å². The average Bonchev–Trinajstić information content (AvgIpc) is 3.27. The number of piperazine rings is 1. The van der Waals surface area contributed by atoms with Gasteiger partial charge in [-0.1, -0.05) is 50.1 Å². The summed E-state index contributed by atoms with van der Waals surface area (Å²) in [6.07, 6.45) is 13.8. The number of ether oxygens (including phenoxy) is 10. The highest BCUT2D eigenvalue weighted by atomic mass is 16.6. The number of cyclic esters (lactones) is 1. The summed E-state index contributed by atoms with van der Waals surface area (Å²) in [5, 5.41) is 24.8. The molecule has 3 fully saturated rings. The Morgan fingerprint density at radius 2 is 1.36 bits per heavy atom. The summed E-state index contributed by atoms with van der Waals surface area (Å²) in [6.45, 7) is 17.8. The van der Waals surface area contributed by atoms with Gasteiger partial charge in [-0.05, 0) is 68.1 Å². The van der Waals surface area contributed by atoms with Crippen molar-refractivity contribution in [3.8, 4) is 5.88 Å². The molecule has 24 heteroatoms. The largest absolute Gasteiger partial charge is 0.475 e. The molecule has 4 aliphatic rings. The van der Waals surface area contributed by atoms with Crippen LogP contribution in [0.15, 0.2) is 61.1 Å². The number of fused-ring (bicyclic) bond motifs is 2. The van der Waals surface area contributed by atoms with E-state index in [9.17, 15) is 9.90 Å². The van der Waals surface area contributed by atoms with Crippen LogP contribution in [0.5, 0.6) is 5.88 Å². The van der Waals surface area contributed by atoms with Crippen LogP contribution in [-0.2, 0) is 62.2 Å². The number of pyridine rings is 1. The summed E-state index contributed by atoms with van der Waals surface area (Å²) >= 11 is 0. The third-order valence-electron chi connectivity index (χ3n) is 15.8. The fourth-order valence-corrected chi connectivity index (χ4v) is 10.8. The molecule has 7 heterocycles. The van der Waals surface area contributed by atoms with E-state index in [1.165, 1.54) is 36.1 Å². The number of carbonyl (C=O) groups excluding carboxylic acids is 1. The van der Waals surface area contributed by atoms with E-state index < -0.39 is 6.09 Å². The third kappa shape index (κ3) is 20.3. The Bertz CT molecular complexity index is 2740. The van der Waals surface area contributed by atoms with Crippen molar-refractivity contribution < 1.29 is 57.3 Å². The lowest BCUT2D eigenvalue weighted by Gasteiger charge is -2.36. The minimum Gasteiger partial charge on any atom is -0.475 e. The SMILES string of the molecule is CCc1cnn2c(NCc3ccc(OCCOCCOCCOCCOCCOCCOCCOCCOCCN4C(=O)OCc5cnc(N[C@@H](C)c6ccc([C@H](CC7CC7)N7CCNCC7)cc6)nc54)nc3)cc(N3CCCC[C@H]3CCO)nc12. The molecule has 24 nitrogen and oxygen atoms in total. The van der Waals surface area contributed by atoms with Gasteiger partial charge in [0.05, 0.1) is 130 Å². The van der Waals surface area contributed by atoms with E-state index in [1.807, 2.05) is 29.0 Å². The number of hydrogen-bond donors (Lipinski definition) is 4. The monoisotopic (exact) mass is 1200 g/mol. The lowest BCUT2D eigenvalue weighted by Crippen LogP contribution is -2.45. The first-order chi connectivity index (χ1) is 42.4. The first kappa shape index (κ1) is 64.6. The third-order valence-corrected chi connectivity index (χ3v) is 15.8. The molecule has 1 amide bonds. The fourth-order valence-electron chi connectivity index (χ4n) is 10.8. The lowest BCUT2D eigenvalue weighted by atomic mass is 9.96. The zero-order chi connectivity index (χ0) is 59.4. The second-order valence-electron chi connectivity index (χ2n) is 22.0. The van der Waals surface area contributed by atoms with Crippen molar-refractivity contribution >= 4 is 35.1 Å². The lowest BCUT2D eigenvalue weighted by molar-refractivity contribution is -0.0235. The molecule has 4 N–H and O–H groups in total. The zero-order valence-corrected chi connectivity index (χ0v) is 50.6. The van der Waals surface area contributed by atoms with E-state index in [-0.39, 0.29) is 38.4 Å². The molecule has 0 bridgehead atoms. The Morgan fingerprint density at radius 1 is 0.721 bits per heavy atom. The minimum absolute atomic E-state index is 0.0416. The maximum Gasteiger partial charge on any atom is 0.415 e. The average molecular weight is 1200 g/mol. The molecule has 0 radical (unpaired) electrons. The number of benzene rings is 1. The van der Waals surface area contributed by atoms with E-state index in [0.29, 0.717) is 136 Å². The van der Waals surface area contributed by atoms with Crippen LogP contribution in [0.4, 0.5) is 28.2 Å². The van der Waals surface area contributed by atoms with E-state index in [0.717, 1.165) is 104 Å². The molecule has 2 saturated heterocycles. The van der Waals surface area contributed by atoms with E-state index in [4.69, 9.17) is 57.3 Å². The maximum absolute atomic E-state index is 12.8. The Hall–Kier alpha value is -5.90. The van der Waals surface area contributed by atoms with E-state index in [2.05, 4.69) is 85.0 Å². The molecule has 3 aliphatic heterocycles. The van der Waals surface area contributed by atoms with Crippen LogP contribution in [0.3, 0.4) is 0 Å². The summed E-state index contributed by atoms with van der Waals surface area (Å²) in [4.78, 5) is 38.2. The van der Waals surface area contributed by atoms with Crippen molar-refractivity contribution in [2.24, 2.45) is 5.92 Å². The van der Waals surface area contributed by atoms with Gasteiger partial charge in [0.15, 0.2) is 5.65 Å². The van der Waals surface area contributed by atoms with Crippen LogP contribution in [0, 0.1) is 5.92 Å². The van der Waals surface area contributed by atoms with Crippen molar-refractivity contribution in [1.29, 1.82) is 0 Å². The van der Waals surface area contributed by atoms with Crippen molar-refractivity contribution in [2.75, 3.05) is 179 Å². The number of amides is 1. The number of anilines is 4. The van der Waals surface area contributed by atoms with Crippen LogP contribution < -0.4 is 30.5 Å². The fraction of sp³-hybridized carbons (Fsp3) is 0.645. The Kier molecular flexibility index (Phi) is 26.9. The molecule has 472 valence electrons. The smallest absolute Gasteiger partial charge is 0.415 e. The normalized spacial score (nSPS) is 17.2. The van der Waals surface area contributed by atoms with Crippen molar-refractivity contribution in [2.45, 2.75) is 96.5 Å². The molecule has 9 rings (SSSR count). The second kappa shape index (κ2) is 35.8. The molecule has 3 atom stereocenters. The topological polar surface area (TPSA) is 244 Å². The number of piperidine rings is 1. The van der Waals surface area contributed by atoms with Crippen LogP contribution >= 0.6 is 0 Å². The quantitative estimate of drug-likeness (QED) is 0.0308. The summed E-state index contributed by atoms with van der Waals surface area (Å²) in [6, 6.07) is 15.6. The van der Waals surface area contributed by atoms with Crippen LogP contribution in [0.1, 0.15) is 98.7 Å². The molecule has 1 saturated carbocycles. The Balaban J connectivity index is 0.522. The molecule has 5 aromatic rings. The van der Waals surface area contributed by atoms with Crippen LogP contribution in [0.25, 0.3) is 5.65 Å². The van der Waals surface area contributed by atoms with Crippen molar-refractivity contribution in [3.05, 3.63) is 88.9 Å². The van der Waals surface area contributed by atoms with Gasteiger partial charge in [-0.3, -0.25) is 9.80 Å². The standard InChI is InChI=1S/C62H92N12O12/c1-3-50-45-67-74-56(41-57(69-60(50)74)72-18-5-4-6-54(72)15-22-75)64-42-49-9-14-58(65-43-49)85-39-38-84-37-36-83-35-34-82-33-32-81-31-30-80-29-28-79-27-26-78-25-24-77-23-21-73-59-53(46-86-62(73)76)44-66-61(70-59)68-47(2)51-10-12-52(13-11-51)55(40-48-7-8-48)71-19-16-63-17-20-71/h9-14,41,43-45,47-48,54-55,63-64,75H,3-8,15-40,42,46H2,1-2H3,(H,66,68,70)/t47-,54-,55-/m0/s1. The minimum atomic E-state index is -0.462. The van der Waals surface area contributed by atoms with E-state index in [1.54, 1.807) is 6.20 Å². The highest BCUT2D eigenvalue weighted by Gasteiger charge is 2.32. The summed E-state index contributed by atoms with van der Waals surface area (Å²) in [5.41, 5.74) is 6.23. The summed E-state index contributed by atoms with van der Waals surface area (Å²) in [7, 11) is 0. The highest BCUT2D eigenvalue weighted by Crippen LogP contribution is 2.40. The van der Waals surface area contributed by atoms with Gasteiger partial charge in [-0.15, -0.1) is 0 Å². The number of aromatic nitrogens is 6. The van der Waals surface area contributed by atoms with Gasteiger partial charge < -0.3 is 73.3 Å². The second-order valence-corrected chi connectivity index (χ2v) is 22.0. The number of nitrogens with one attached hydrogen (secondary N) is 3. The van der Waals surface area contributed by atoms with Gasteiger partial charge >= 0.3 is 6.09 Å². The maximum atomic E-state index is 12.8. The number of aryl methyl sites for hydroxylation is 1. The summed E-state index contributed by atoms with van der Waals surface area (Å²) in [5.74, 6) is 4.14. The van der Waals surface area contributed by atoms with Crippen LogP contribution in [0.2, 0.25) is 0 Å². The van der Waals surface area contributed by atoms with Gasteiger partial charge in [-0.2, -0.15) is 14.6 Å². The first-order valence-electron chi connectivity index (χ1n) is 31.2. The zero-order valence-electron chi connectivity index (χ0n) is 50.6. The van der Waals surface area contributed by atoms with Gasteiger partial charge in [0.2, 0.25) is 11.8 Å². The predicted octanol–water partition coefficient (Wildman–Crippen LogP) is 6.42. The number of carbonyl (C=O) groups is 1. The molecular formula is C62H92N12O12. The highest BCUT2D eigenvalue weighted by molar-refractivity contribution is 5.89. The number of nitrogens with zero attached hydrogens (tertiary/aromatic N) is 9. The van der Waals surface area contributed by atoms with Crippen LogP contribution in [-0.4, -0.2) is 210 Å².